The number of carbonyl (C=O) groups is 1. The smallest absolute Gasteiger partial charge is 0.303 e. The Morgan fingerprint density at radius 1 is 1.53 bits per heavy atom. The molecule has 6 heteroatoms. The van der Waals surface area contributed by atoms with Crippen LogP contribution in [-0.4, -0.2) is 16.2 Å². The Balaban J connectivity index is 2.10. The van der Waals surface area contributed by atoms with Gasteiger partial charge in [-0.05, 0) is 46.7 Å². The van der Waals surface area contributed by atoms with Gasteiger partial charge in [-0.1, -0.05) is 24.4 Å². The zero-order chi connectivity index (χ0) is 14.0. The van der Waals surface area contributed by atoms with E-state index in [4.69, 9.17) is 16.7 Å². The first kappa shape index (κ1) is 15.3. The van der Waals surface area contributed by atoms with Crippen LogP contribution < -0.4 is 0 Å². The lowest BCUT2D eigenvalue weighted by Crippen LogP contribution is -2.23. The predicted molar refractivity (Wildman–Crippen MR) is 79.8 cm³/mol. The molecule has 3 nitrogen and oxygen atoms in total. The lowest BCUT2D eigenvalue weighted by molar-refractivity contribution is -0.140. The van der Waals surface area contributed by atoms with Gasteiger partial charge in [0.15, 0.2) is 0 Å². The highest BCUT2D eigenvalue weighted by atomic mass is 79.9. The molecule has 1 aromatic rings. The summed E-state index contributed by atoms with van der Waals surface area (Å²) in [5.41, 5.74) is -0.256. The molecule has 0 spiro atoms. The summed E-state index contributed by atoms with van der Waals surface area (Å²) in [6.45, 7) is 0. The first-order valence-corrected chi connectivity index (χ1v) is 8.25. The second-order valence-corrected chi connectivity index (χ2v) is 8.08. The van der Waals surface area contributed by atoms with E-state index in [-0.39, 0.29) is 11.8 Å². The van der Waals surface area contributed by atoms with Crippen molar-refractivity contribution in [3.63, 3.8) is 0 Å². The van der Waals surface area contributed by atoms with Crippen molar-refractivity contribution >= 4 is 44.8 Å². The van der Waals surface area contributed by atoms with E-state index in [1.54, 1.807) is 6.07 Å². The maximum Gasteiger partial charge on any atom is 0.303 e. The summed E-state index contributed by atoms with van der Waals surface area (Å²) in [4.78, 5) is 11.8. The molecule has 1 unspecified atom stereocenters. The number of carboxylic acid groups (broad SMARTS) is 1. The van der Waals surface area contributed by atoms with Crippen LogP contribution in [-0.2, 0) is 4.79 Å². The fraction of sp³-hybridized carbons (Fsp3) is 0.615. The lowest BCUT2D eigenvalue weighted by Gasteiger charge is -2.29. The maximum atomic E-state index is 11.0. The van der Waals surface area contributed by atoms with E-state index in [1.165, 1.54) is 11.3 Å². The molecule has 1 aliphatic rings. The minimum atomic E-state index is -0.778. The molecule has 19 heavy (non-hydrogen) atoms. The van der Waals surface area contributed by atoms with Gasteiger partial charge in [-0.3, -0.25) is 4.79 Å². The van der Waals surface area contributed by atoms with Crippen LogP contribution in [0.3, 0.4) is 0 Å². The van der Waals surface area contributed by atoms with Crippen molar-refractivity contribution in [2.75, 3.05) is 0 Å². The van der Waals surface area contributed by atoms with E-state index >= 15 is 0 Å². The van der Waals surface area contributed by atoms with Crippen LogP contribution in [0.2, 0.25) is 5.02 Å². The van der Waals surface area contributed by atoms with Crippen LogP contribution in [0.4, 0.5) is 0 Å². The number of rotatable bonds is 5. The van der Waals surface area contributed by atoms with Crippen LogP contribution in [0.5, 0.6) is 0 Å². The Kier molecular flexibility index (Phi) is 4.93. The molecule has 1 atom stereocenters. The molecule has 106 valence electrons. The van der Waals surface area contributed by atoms with Gasteiger partial charge in [0.25, 0.3) is 0 Å². The Labute approximate surface area is 129 Å². The van der Waals surface area contributed by atoms with Gasteiger partial charge in [-0.15, -0.1) is 11.3 Å². The summed E-state index contributed by atoms with van der Waals surface area (Å²) in [5, 5.41) is 20.0. The van der Waals surface area contributed by atoms with E-state index in [2.05, 4.69) is 15.9 Å². The summed E-state index contributed by atoms with van der Waals surface area (Å²) in [5.74, 6) is -0.778. The minimum Gasteiger partial charge on any atom is -0.481 e. The van der Waals surface area contributed by atoms with Crippen molar-refractivity contribution in [3.05, 3.63) is 19.8 Å². The summed E-state index contributed by atoms with van der Waals surface area (Å²) in [7, 11) is 0. The number of aliphatic hydroxyl groups excluding tert-OH is 1. The first-order chi connectivity index (χ1) is 8.92. The molecule has 1 aliphatic carbocycles. The number of aliphatic hydroxyl groups is 1. The van der Waals surface area contributed by atoms with Gasteiger partial charge in [0.05, 0.1) is 21.3 Å². The van der Waals surface area contributed by atoms with Crippen LogP contribution in [0.1, 0.15) is 49.5 Å². The number of thiophene rings is 1. The predicted octanol–water partition coefficient (Wildman–Crippen LogP) is 4.62. The fourth-order valence-electron chi connectivity index (χ4n) is 2.94. The molecule has 0 saturated heterocycles. The number of hydrogen-bond donors (Lipinski definition) is 2. The summed E-state index contributed by atoms with van der Waals surface area (Å²) >= 11 is 10.7. The van der Waals surface area contributed by atoms with Gasteiger partial charge in [0.2, 0.25) is 0 Å². The first-order valence-electron chi connectivity index (χ1n) is 6.26. The number of hydrogen-bond acceptors (Lipinski definition) is 3. The van der Waals surface area contributed by atoms with E-state index in [0.29, 0.717) is 11.4 Å². The average molecular weight is 368 g/mol. The second-order valence-electron chi connectivity index (χ2n) is 5.27. The van der Waals surface area contributed by atoms with Gasteiger partial charge in [-0.25, -0.2) is 0 Å². The maximum absolute atomic E-state index is 11.0. The molecule has 2 rings (SSSR count). The van der Waals surface area contributed by atoms with Gasteiger partial charge in [0.1, 0.15) is 0 Å². The van der Waals surface area contributed by atoms with Crippen LogP contribution >= 0.6 is 38.9 Å². The van der Waals surface area contributed by atoms with Crippen molar-refractivity contribution in [3.8, 4) is 0 Å². The van der Waals surface area contributed by atoms with Gasteiger partial charge in [0, 0.05) is 4.88 Å². The highest BCUT2D eigenvalue weighted by Gasteiger charge is 2.38. The van der Waals surface area contributed by atoms with Gasteiger partial charge < -0.3 is 10.2 Å². The topological polar surface area (TPSA) is 57.5 Å². The van der Waals surface area contributed by atoms with Gasteiger partial charge in [-0.2, -0.15) is 0 Å². The van der Waals surface area contributed by atoms with E-state index < -0.39 is 12.1 Å². The largest absolute Gasteiger partial charge is 0.481 e. The standard InChI is InChI=1S/C13H16BrClO3S/c14-12-8(15)5-10(19-12)9(16)6-13(7-11(17)18)3-1-2-4-13/h5,9,16H,1-4,6-7H2,(H,17,18). The monoisotopic (exact) mass is 366 g/mol. The summed E-state index contributed by atoms with van der Waals surface area (Å²) < 4.78 is 0.807. The van der Waals surface area contributed by atoms with Crippen LogP contribution in [0, 0.1) is 5.41 Å². The van der Waals surface area contributed by atoms with E-state index in [0.717, 1.165) is 34.3 Å². The SMILES string of the molecule is O=C(O)CC1(CC(O)c2cc(Cl)c(Br)s2)CCCC1. The fourth-order valence-corrected chi connectivity index (χ4v) is 4.67. The second kappa shape index (κ2) is 6.12. The van der Waals surface area contributed by atoms with Crippen molar-refractivity contribution in [2.45, 2.75) is 44.6 Å². The quantitative estimate of drug-likeness (QED) is 0.798. The molecule has 1 saturated carbocycles. The third kappa shape index (κ3) is 3.72. The molecule has 1 heterocycles. The van der Waals surface area contributed by atoms with Crippen LogP contribution in [0.25, 0.3) is 0 Å². The average Bonchev–Trinajstić information content (AvgIpc) is 2.87. The van der Waals surface area contributed by atoms with Gasteiger partial charge >= 0.3 is 5.97 Å². The third-order valence-corrected chi connectivity index (χ3v) is 6.39. The molecule has 0 aliphatic heterocycles. The zero-order valence-electron chi connectivity index (χ0n) is 10.4. The number of halogens is 2. The van der Waals surface area contributed by atoms with Crippen LogP contribution in [0.15, 0.2) is 9.85 Å². The summed E-state index contributed by atoms with van der Waals surface area (Å²) in [6.07, 6.45) is 3.88. The highest BCUT2D eigenvalue weighted by Crippen LogP contribution is 2.48. The summed E-state index contributed by atoms with van der Waals surface area (Å²) in [6, 6.07) is 1.75. The minimum absolute atomic E-state index is 0.143. The normalized spacial score (nSPS) is 19.5. The van der Waals surface area contributed by atoms with Crippen molar-refractivity contribution < 1.29 is 15.0 Å². The molecule has 0 amide bonds. The highest BCUT2D eigenvalue weighted by molar-refractivity contribution is 9.11. The molecule has 0 bridgehead atoms. The third-order valence-electron chi connectivity index (χ3n) is 3.81. The van der Waals surface area contributed by atoms with Crippen molar-refractivity contribution in [1.29, 1.82) is 0 Å². The number of carboxylic acids is 1. The Bertz CT molecular complexity index is 449. The molecule has 1 fully saturated rings. The van der Waals surface area contributed by atoms with Crippen molar-refractivity contribution in [1.82, 2.24) is 0 Å². The molecule has 0 aromatic carbocycles. The molecular weight excluding hydrogens is 352 g/mol. The molecular formula is C13H16BrClO3S. The number of aliphatic carboxylic acids is 1. The lowest BCUT2D eigenvalue weighted by atomic mass is 9.77. The molecule has 0 radical (unpaired) electrons. The Hall–Kier alpha value is -0.100. The molecule has 1 aromatic heterocycles. The van der Waals surface area contributed by atoms with Crippen molar-refractivity contribution in [2.24, 2.45) is 5.41 Å². The van der Waals surface area contributed by atoms with E-state index in [9.17, 15) is 9.90 Å². The Morgan fingerprint density at radius 3 is 2.63 bits per heavy atom. The molecule has 2 N–H and O–H groups in total. The zero-order valence-corrected chi connectivity index (χ0v) is 13.5. The van der Waals surface area contributed by atoms with E-state index in [1.807, 2.05) is 0 Å². The Morgan fingerprint density at radius 2 is 2.16 bits per heavy atom.